The van der Waals surface area contributed by atoms with Gasteiger partial charge in [0, 0.05) is 12.4 Å². The highest BCUT2D eigenvalue weighted by molar-refractivity contribution is 7.88. The monoisotopic (exact) mass is 254 g/mol. The Labute approximate surface area is 100 Å². The highest BCUT2D eigenvalue weighted by atomic mass is 32.2. The summed E-state index contributed by atoms with van der Waals surface area (Å²) in [5.41, 5.74) is 3.03. The predicted molar refractivity (Wildman–Crippen MR) is 63.1 cm³/mol. The number of hydrogen-bond donors (Lipinski definition) is 0. The van der Waals surface area contributed by atoms with Crippen molar-refractivity contribution in [3.05, 3.63) is 34.9 Å². The molecule has 0 bridgehead atoms. The minimum Gasteiger partial charge on any atom is -0.179 e. The predicted octanol–water partition coefficient (Wildman–Crippen LogP) is 0.954. The van der Waals surface area contributed by atoms with Crippen LogP contribution in [0.15, 0.2) is 12.4 Å². The van der Waals surface area contributed by atoms with Gasteiger partial charge < -0.3 is 0 Å². The second-order valence-corrected chi connectivity index (χ2v) is 5.69. The largest absolute Gasteiger partial charge is 0.364 e. The molecule has 2 aromatic heterocycles. The quantitative estimate of drug-likeness (QED) is 0.800. The van der Waals surface area contributed by atoms with Crippen LogP contribution in [0.5, 0.6) is 0 Å². The van der Waals surface area contributed by atoms with Gasteiger partial charge in [0.2, 0.25) is 0 Å². The standard InChI is InChI=1S/C10H14N4O2S/c1-7-5-13(11-9(7)3)17(15,16)14-6-8(2)10(4)12-14/h5-6H,1-4H3. The molecule has 0 saturated carbocycles. The number of aromatic nitrogens is 4. The molecule has 7 heteroatoms. The van der Waals surface area contributed by atoms with Gasteiger partial charge in [0.25, 0.3) is 0 Å². The molecule has 0 N–H and O–H groups in total. The van der Waals surface area contributed by atoms with Crippen LogP contribution in [0.2, 0.25) is 0 Å². The maximum atomic E-state index is 12.2. The maximum absolute atomic E-state index is 12.2. The third-order valence-corrected chi connectivity index (χ3v) is 4.04. The van der Waals surface area contributed by atoms with Crippen molar-refractivity contribution in [1.82, 2.24) is 18.4 Å². The molecular weight excluding hydrogens is 240 g/mol. The third-order valence-electron chi connectivity index (χ3n) is 2.72. The molecule has 2 rings (SSSR count). The first-order valence-electron chi connectivity index (χ1n) is 5.14. The lowest BCUT2D eigenvalue weighted by molar-refractivity contribution is 0.562. The van der Waals surface area contributed by atoms with E-state index in [-0.39, 0.29) is 0 Å². The lowest BCUT2D eigenvalue weighted by atomic mass is 10.3. The molecule has 0 atom stereocenters. The Morgan fingerprint density at radius 3 is 1.47 bits per heavy atom. The van der Waals surface area contributed by atoms with Crippen LogP contribution in [0.1, 0.15) is 22.5 Å². The van der Waals surface area contributed by atoms with Crippen molar-refractivity contribution in [1.29, 1.82) is 0 Å². The summed E-state index contributed by atoms with van der Waals surface area (Å²) in [6.45, 7) is 7.16. The fraction of sp³-hybridized carbons (Fsp3) is 0.400. The smallest absolute Gasteiger partial charge is 0.179 e. The Morgan fingerprint density at radius 2 is 1.24 bits per heavy atom. The van der Waals surface area contributed by atoms with Crippen molar-refractivity contribution >= 4 is 10.2 Å². The molecule has 0 spiro atoms. The zero-order chi connectivity index (χ0) is 12.8. The lowest BCUT2D eigenvalue weighted by Crippen LogP contribution is -2.22. The molecule has 2 aromatic rings. The van der Waals surface area contributed by atoms with Crippen LogP contribution in [-0.2, 0) is 10.2 Å². The Bertz CT molecular complexity index is 575. The molecule has 17 heavy (non-hydrogen) atoms. The van der Waals surface area contributed by atoms with Gasteiger partial charge in [-0.1, -0.05) is 0 Å². The molecular formula is C10H14N4O2S. The minimum atomic E-state index is -3.73. The van der Waals surface area contributed by atoms with E-state index in [9.17, 15) is 8.42 Å². The minimum absolute atomic E-state index is 0.689. The fourth-order valence-electron chi connectivity index (χ4n) is 1.35. The van der Waals surface area contributed by atoms with E-state index in [2.05, 4.69) is 10.2 Å². The van der Waals surface area contributed by atoms with Crippen LogP contribution < -0.4 is 0 Å². The summed E-state index contributed by atoms with van der Waals surface area (Å²) in [7, 11) is -3.73. The van der Waals surface area contributed by atoms with E-state index < -0.39 is 10.2 Å². The molecule has 0 saturated heterocycles. The molecule has 0 aliphatic rings. The van der Waals surface area contributed by atoms with Crippen molar-refractivity contribution in [3.63, 3.8) is 0 Å². The number of nitrogens with zero attached hydrogens (tertiary/aromatic N) is 4. The van der Waals surface area contributed by atoms with Crippen molar-refractivity contribution in [3.8, 4) is 0 Å². The molecule has 6 nitrogen and oxygen atoms in total. The summed E-state index contributed by atoms with van der Waals surface area (Å²) in [5, 5.41) is 7.93. The van der Waals surface area contributed by atoms with Crippen LogP contribution in [0.3, 0.4) is 0 Å². The summed E-state index contributed by atoms with van der Waals surface area (Å²) in [6, 6.07) is 0. The average molecular weight is 254 g/mol. The van der Waals surface area contributed by atoms with E-state index in [0.29, 0.717) is 11.4 Å². The summed E-state index contributed by atoms with van der Waals surface area (Å²) in [6.07, 6.45) is 2.97. The molecule has 0 radical (unpaired) electrons. The van der Waals surface area contributed by atoms with E-state index in [0.717, 1.165) is 19.3 Å². The normalized spacial score (nSPS) is 12.0. The molecule has 0 aliphatic carbocycles. The van der Waals surface area contributed by atoms with Crippen molar-refractivity contribution in [2.24, 2.45) is 0 Å². The number of hydrogen-bond acceptors (Lipinski definition) is 4. The highest BCUT2D eigenvalue weighted by Crippen LogP contribution is 2.10. The van der Waals surface area contributed by atoms with Gasteiger partial charge in [0.15, 0.2) is 0 Å². The Balaban J connectivity index is 2.57. The maximum Gasteiger partial charge on any atom is 0.364 e. The molecule has 2 heterocycles. The van der Waals surface area contributed by atoms with E-state index in [1.54, 1.807) is 13.8 Å². The van der Waals surface area contributed by atoms with Gasteiger partial charge in [-0.05, 0) is 38.8 Å². The highest BCUT2D eigenvalue weighted by Gasteiger charge is 2.19. The SMILES string of the molecule is Cc1cn(S(=O)(=O)n2cc(C)c(C)n2)nc1C. The van der Waals surface area contributed by atoms with Crippen molar-refractivity contribution in [2.75, 3.05) is 0 Å². The zero-order valence-electron chi connectivity index (χ0n) is 10.2. The Hall–Kier alpha value is -1.63. The zero-order valence-corrected chi connectivity index (χ0v) is 11.0. The van der Waals surface area contributed by atoms with Crippen LogP contribution in [0.4, 0.5) is 0 Å². The summed E-state index contributed by atoms with van der Waals surface area (Å²) < 4.78 is 26.2. The van der Waals surface area contributed by atoms with Gasteiger partial charge in [-0.25, -0.2) is 0 Å². The Kier molecular flexibility index (Phi) is 2.57. The van der Waals surface area contributed by atoms with Crippen LogP contribution >= 0.6 is 0 Å². The summed E-state index contributed by atoms with van der Waals surface area (Å²) >= 11 is 0. The van der Waals surface area contributed by atoms with Gasteiger partial charge >= 0.3 is 10.2 Å². The summed E-state index contributed by atoms with van der Waals surface area (Å²) in [5.74, 6) is 0. The fourth-order valence-corrected chi connectivity index (χ4v) is 2.56. The van der Waals surface area contributed by atoms with Crippen molar-refractivity contribution in [2.45, 2.75) is 27.7 Å². The van der Waals surface area contributed by atoms with Gasteiger partial charge in [-0.15, -0.1) is 8.17 Å². The molecule has 0 unspecified atom stereocenters. The molecule has 0 fully saturated rings. The van der Waals surface area contributed by atoms with Gasteiger partial charge in [-0.2, -0.15) is 18.6 Å². The first-order chi connectivity index (χ1) is 7.82. The van der Waals surface area contributed by atoms with Crippen LogP contribution in [-0.4, -0.2) is 26.8 Å². The topological polar surface area (TPSA) is 69.8 Å². The average Bonchev–Trinajstić information content (AvgIpc) is 2.74. The van der Waals surface area contributed by atoms with Crippen LogP contribution in [0, 0.1) is 27.7 Å². The number of aryl methyl sites for hydroxylation is 4. The molecule has 0 aromatic carbocycles. The van der Waals surface area contributed by atoms with E-state index in [4.69, 9.17) is 0 Å². The van der Waals surface area contributed by atoms with Crippen molar-refractivity contribution < 1.29 is 8.42 Å². The molecule has 92 valence electrons. The van der Waals surface area contributed by atoms with Gasteiger partial charge in [0.1, 0.15) is 0 Å². The Morgan fingerprint density at radius 1 is 0.882 bits per heavy atom. The van der Waals surface area contributed by atoms with Gasteiger partial charge in [-0.3, -0.25) is 0 Å². The van der Waals surface area contributed by atoms with E-state index in [1.807, 2.05) is 13.8 Å². The first kappa shape index (κ1) is 11.8. The second-order valence-electron chi connectivity index (χ2n) is 4.05. The number of rotatable bonds is 2. The lowest BCUT2D eigenvalue weighted by Gasteiger charge is -2.02. The molecule has 0 aliphatic heterocycles. The third kappa shape index (κ3) is 1.86. The summed E-state index contributed by atoms with van der Waals surface area (Å²) in [4.78, 5) is 0. The second kappa shape index (κ2) is 3.69. The first-order valence-corrected chi connectivity index (χ1v) is 6.54. The van der Waals surface area contributed by atoms with E-state index >= 15 is 0 Å². The van der Waals surface area contributed by atoms with Crippen LogP contribution in [0.25, 0.3) is 0 Å². The van der Waals surface area contributed by atoms with Gasteiger partial charge in [0.05, 0.1) is 11.4 Å². The van der Waals surface area contributed by atoms with E-state index in [1.165, 1.54) is 12.4 Å². The molecule has 0 amide bonds.